The highest BCUT2D eigenvalue weighted by molar-refractivity contribution is 6.30. The Kier molecular flexibility index (Phi) is 10.3. The number of hydrogen-bond acceptors (Lipinski definition) is 6. The van der Waals surface area contributed by atoms with Crippen molar-refractivity contribution >= 4 is 24.1 Å². The topological polar surface area (TPSA) is 54.4 Å². The van der Waals surface area contributed by atoms with Crippen molar-refractivity contribution in [2.75, 3.05) is 27.7 Å². The van der Waals surface area contributed by atoms with Crippen molar-refractivity contribution in [1.82, 2.24) is 9.80 Å². The first-order valence-corrected chi connectivity index (χ1v) is 13.7. The molecule has 0 spiro atoms. The average molecular weight is 506 g/mol. The summed E-state index contributed by atoms with van der Waals surface area (Å²) in [6.45, 7) is 5.31. The molecule has 1 aliphatic carbocycles. The molecule has 35 heavy (non-hydrogen) atoms. The number of rotatable bonds is 11. The molecule has 1 fully saturated rings. The van der Waals surface area contributed by atoms with Crippen molar-refractivity contribution in [3.8, 4) is 0 Å². The molecule has 0 radical (unpaired) electrons. The van der Waals surface area contributed by atoms with E-state index in [9.17, 15) is 4.79 Å². The second-order valence-electron chi connectivity index (χ2n) is 10.4. The Hall–Kier alpha value is -1.79. The highest BCUT2D eigenvalue weighted by atomic mass is 35.5. The zero-order chi connectivity index (χ0) is 25.4. The quantitative estimate of drug-likeness (QED) is 0.305. The molecule has 0 amide bonds. The van der Waals surface area contributed by atoms with Crippen LogP contribution in [0, 0.1) is 11.8 Å². The van der Waals surface area contributed by atoms with E-state index in [4.69, 9.17) is 26.1 Å². The summed E-state index contributed by atoms with van der Waals surface area (Å²) < 4.78 is 10.9. The van der Waals surface area contributed by atoms with E-state index in [1.165, 1.54) is 12.7 Å². The van der Waals surface area contributed by atoms with Gasteiger partial charge in [-0.05, 0) is 82.2 Å². The lowest BCUT2D eigenvalue weighted by Crippen LogP contribution is -2.54. The van der Waals surface area contributed by atoms with Gasteiger partial charge in [-0.3, -0.25) is 0 Å². The number of hydrogen-bond donors (Lipinski definition) is 0. The van der Waals surface area contributed by atoms with Gasteiger partial charge in [0.15, 0.2) is 0 Å². The SMILES string of the molecule is CCCCN1C=NC(CCCC)(OC(=O)OC)C1C1CCC(C(c2ccc(Cl)cc2)N(C)C)CC1. The minimum absolute atomic E-state index is 0.0639. The monoisotopic (exact) mass is 505 g/mol. The summed E-state index contributed by atoms with van der Waals surface area (Å²) in [4.78, 5) is 21.9. The minimum atomic E-state index is -0.856. The van der Waals surface area contributed by atoms with E-state index in [1.807, 2.05) is 18.5 Å². The van der Waals surface area contributed by atoms with Gasteiger partial charge in [-0.2, -0.15) is 0 Å². The zero-order valence-corrected chi connectivity index (χ0v) is 23.0. The summed E-state index contributed by atoms with van der Waals surface area (Å²) in [6.07, 6.45) is 10.7. The van der Waals surface area contributed by atoms with Gasteiger partial charge in [0.2, 0.25) is 5.72 Å². The van der Waals surface area contributed by atoms with Crippen LogP contribution in [0.25, 0.3) is 0 Å². The van der Waals surface area contributed by atoms with E-state index < -0.39 is 11.9 Å². The van der Waals surface area contributed by atoms with Crippen molar-refractivity contribution in [3.63, 3.8) is 0 Å². The summed E-state index contributed by atoms with van der Waals surface area (Å²) in [6, 6.07) is 8.74. The first kappa shape index (κ1) is 27.8. The van der Waals surface area contributed by atoms with Gasteiger partial charge in [-0.15, -0.1) is 0 Å². The Morgan fingerprint density at radius 1 is 1.14 bits per heavy atom. The lowest BCUT2D eigenvalue weighted by Gasteiger charge is -2.45. The molecule has 1 aliphatic heterocycles. The van der Waals surface area contributed by atoms with Gasteiger partial charge in [0.1, 0.15) is 0 Å². The molecular weight excluding hydrogens is 462 g/mol. The first-order valence-electron chi connectivity index (χ1n) is 13.3. The molecule has 1 heterocycles. The van der Waals surface area contributed by atoms with Crippen LogP contribution in [0.4, 0.5) is 4.79 Å². The normalized spacial score (nSPS) is 27.3. The van der Waals surface area contributed by atoms with Crippen LogP contribution in [-0.4, -0.2) is 61.8 Å². The second kappa shape index (κ2) is 13.0. The number of carbonyl (C=O) groups excluding carboxylic acids is 1. The number of unbranched alkanes of at least 4 members (excludes halogenated alkanes) is 2. The van der Waals surface area contributed by atoms with Gasteiger partial charge < -0.3 is 19.3 Å². The van der Waals surface area contributed by atoms with Crippen LogP contribution in [0.5, 0.6) is 0 Å². The molecule has 2 aliphatic rings. The third kappa shape index (κ3) is 6.71. The fourth-order valence-electron chi connectivity index (χ4n) is 6.15. The maximum Gasteiger partial charge on any atom is 0.510 e. The maximum atomic E-state index is 12.3. The molecule has 1 aromatic rings. The highest BCUT2D eigenvalue weighted by Gasteiger charge is 2.52. The third-order valence-electron chi connectivity index (χ3n) is 7.81. The Bertz CT molecular complexity index is 823. The molecule has 0 aromatic heterocycles. The van der Waals surface area contributed by atoms with Gasteiger partial charge >= 0.3 is 6.16 Å². The Labute approximate surface area is 217 Å². The summed E-state index contributed by atoms with van der Waals surface area (Å²) in [5.41, 5.74) is 0.466. The van der Waals surface area contributed by atoms with Crippen LogP contribution in [-0.2, 0) is 9.47 Å². The fourth-order valence-corrected chi connectivity index (χ4v) is 6.28. The number of carbonyl (C=O) groups is 1. The number of aliphatic imine (C=N–C) groups is 1. The molecule has 3 atom stereocenters. The van der Waals surface area contributed by atoms with Crippen molar-refractivity contribution in [2.24, 2.45) is 16.8 Å². The number of halogens is 1. The Balaban J connectivity index is 1.80. The van der Waals surface area contributed by atoms with Crippen LogP contribution >= 0.6 is 11.6 Å². The van der Waals surface area contributed by atoms with Crippen molar-refractivity contribution < 1.29 is 14.3 Å². The smallest absolute Gasteiger partial charge is 0.438 e. The predicted molar refractivity (Wildman–Crippen MR) is 143 cm³/mol. The molecule has 3 unspecified atom stereocenters. The third-order valence-corrected chi connectivity index (χ3v) is 8.06. The minimum Gasteiger partial charge on any atom is -0.438 e. The van der Waals surface area contributed by atoms with E-state index >= 15 is 0 Å². The van der Waals surface area contributed by atoms with E-state index in [0.717, 1.165) is 69.4 Å². The standard InChI is InChI=1S/C28H44ClN3O3/c1-6-8-18-28(35-27(33)34-5)26(32(20-30-28)19-9-7-2)23-12-10-21(11-13-23)25(31(3)4)22-14-16-24(29)17-15-22/h14-17,20-21,23,25-26H,6-13,18-19H2,1-5H3. The Morgan fingerprint density at radius 3 is 2.37 bits per heavy atom. The first-order chi connectivity index (χ1) is 16.8. The molecule has 6 nitrogen and oxygen atoms in total. The average Bonchev–Trinajstić information content (AvgIpc) is 3.20. The second-order valence-corrected chi connectivity index (χ2v) is 10.9. The van der Waals surface area contributed by atoms with Crippen LogP contribution in [0.2, 0.25) is 5.02 Å². The van der Waals surface area contributed by atoms with E-state index in [0.29, 0.717) is 17.9 Å². The molecule has 1 saturated carbocycles. The Morgan fingerprint density at radius 2 is 1.80 bits per heavy atom. The summed E-state index contributed by atoms with van der Waals surface area (Å²) in [5.74, 6) is 0.987. The van der Waals surface area contributed by atoms with E-state index in [2.05, 4.69) is 49.9 Å². The van der Waals surface area contributed by atoms with E-state index in [1.54, 1.807) is 0 Å². The molecule has 196 valence electrons. The maximum absolute atomic E-state index is 12.3. The number of benzene rings is 1. The summed E-state index contributed by atoms with van der Waals surface area (Å²) in [7, 11) is 5.72. The van der Waals surface area contributed by atoms with Crippen LogP contribution in [0.15, 0.2) is 29.3 Å². The van der Waals surface area contributed by atoms with Gasteiger partial charge in [0.05, 0.1) is 19.5 Å². The van der Waals surface area contributed by atoms with Gasteiger partial charge in [0, 0.05) is 24.0 Å². The summed E-state index contributed by atoms with van der Waals surface area (Å²) >= 11 is 6.16. The van der Waals surface area contributed by atoms with Crippen LogP contribution in [0.3, 0.4) is 0 Å². The fraction of sp³-hybridized carbons (Fsp3) is 0.714. The molecule has 7 heteroatoms. The number of methoxy groups -OCH3 is 1. The van der Waals surface area contributed by atoms with E-state index in [-0.39, 0.29) is 6.04 Å². The zero-order valence-electron chi connectivity index (χ0n) is 22.2. The molecule has 3 rings (SSSR count). The molecule has 1 aromatic carbocycles. The largest absolute Gasteiger partial charge is 0.510 e. The van der Waals surface area contributed by atoms with Gasteiger partial charge in [0.25, 0.3) is 0 Å². The van der Waals surface area contributed by atoms with Gasteiger partial charge in [-0.1, -0.05) is 50.4 Å². The van der Waals surface area contributed by atoms with Crippen molar-refractivity contribution in [3.05, 3.63) is 34.9 Å². The molecule has 0 saturated heterocycles. The van der Waals surface area contributed by atoms with Crippen LogP contribution in [0.1, 0.15) is 83.2 Å². The molecular formula is C28H44ClN3O3. The predicted octanol–water partition coefficient (Wildman–Crippen LogP) is 6.93. The van der Waals surface area contributed by atoms with Crippen molar-refractivity contribution in [2.45, 2.75) is 89.4 Å². The number of ether oxygens (including phenoxy) is 2. The summed E-state index contributed by atoms with van der Waals surface area (Å²) in [5, 5.41) is 0.775. The van der Waals surface area contributed by atoms with Crippen LogP contribution < -0.4 is 0 Å². The number of nitrogens with zero attached hydrogens (tertiary/aromatic N) is 3. The molecule has 0 N–H and O–H groups in total. The van der Waals surface area contributed by atoms with Gasteiger partial charge in [-0.25, -0.2) is 9.79 Å². The lowest BCUT2D eigenvalue weighted by atomic mass is 9.71. The highest BCUT2D eigenvalue weighted by Crippen LogP contribution is 2.46. The molecule has 0 bridgehead atoms. The van der Waals surface area contributed by atoms with Crippen molar-refractivity contribution in [1.29, 1.82) is 0 Å². The lowest BCUT2D eigenvalue weighted by molar-refractivity contribution is -0.0770.